The molecule has 2 aliphatic rings. The molecule has 0 aromatic carbocycles. The fourth-order valence-electron chi connectivity index (χ4n) is 3.08. The summed E-state index contributed by atoms with van der Waals surface area (Å²) in [5.74, 6) is -1.19. The Morgan fingerprint density at radius 3 is 2.60 bits per heavy atom. The molecule has 2 rings (SSSR count). The number of ether oxygens (including phenoxy) is 1. The molecule has 2 saturated carbocycles. The summed E-state index contributed by atoms with van der Waals surface area (Å²) in [6, 6.07) is 0. The van der Waals surface area contributed by atoms with E-state index in [2.05, 4.69) is 5.32 Å². The molecule has 0 bridgehead atoms. The monoisotopic (exact) mass is 283 g/mol. The van der Waals surface area contributed by atoms with Crippen molar-refractivity contribution in [3.63, 3.8) is 0 Å². The van der Waals surface area contributed by atoms with Crippen LogP contribution in [0.25, 0.3) is 0 Å². The van der Waals surface area contributed by atoms with Gasteiger partial charge in [-0.05, 0) is 43.9 Å². The smallest absolute Gasteiger partial charge is 0.306 e. The topological polar surface area (TPSA) is 75.6 Å². The van der Waals surface area contributed by atoms with Gasteiger partial charge in [0.1, 0.15) is 0 Å². The largest absolute Gasteiger partial charge is 0.481 e. The maximum absolute atomic E-state index is 12.2. The Balaban J connectivity index is 1.76. The van der Waals surface area contributed by atoms with Gasteiger partial charge >= 0.3 is 5.97 Å². The molecule has 0 aromatic heterocycles. The van der Waals surface area contributed by atoms with E-state index in [1.165, 1.54) is 0 Å². The molecule has 0 aromatic rings. The van der Waals surface area contributed by atoms with Gasteiger partial charge in [0.2, 0.25) is 5.91 Å². The fourth-order valence-corrected chi connectivity index (χ4v) is 3.08. The summed E-state index contributed by atoms with van der Waals surface area (Å²) in [7, 11) is 1.70. The van der Waals surface area contributed by atoms with Crippen LogP contribution in [0.3, 0.4) is 0 Å². The van der Waals surface area contributed by atoms with Crippen LogP contribution in [-0.4, -0.2) is 37.2 Å². The first-order valence-electron chi connectivity index (χ1n) is 7.56. The van der Waals surface area contributed by atoms with Gasteiger partial charge in [-0.3, -0.25) is 9.59 Å². The molecule has 1 amide bonds. The number of carbonyl (C=O) groups is 2. The second-order valence-corrected chi connectivity index (χ2v) is 6.36. The number of methoxy groups -OCH3 is 1. The van der Waals surface area contributed by atoms with E-state index in [0.717, 1.165) is 38.7 Å². The normalized spacial score (nSPS) is 27.9. The standard InChI is InChI=1S/C15H25NO4/c1-20-8-7-15(5-6-15)10-16-13(17)11-3-2-4-12(9-11)14(18)19/h11-12H,2-10H2,1H3,(H,16,17)(H,18,19). The summed E-state index contributed by atoms with van der Waals surface area (Å²) < 4.78 is 5.10. The molecule has 0 saturated heterocycles. The molecule has 0 aliphatic heterocycles. The molecule has 0 heterocycles. The zero-order valence-corrected chi connectivity index (χ0v) is 12.2. The molecular weight excluding hydrogens is 258 g/mol. The van der Waals surface area contributed by atoms with E-state index >= 15 is 0 Å². The van der Waals surface area contributed by atoms with Crippen LogP contribution in [0.1, 0.15) is 44.9 Å². The first-order valence-corrected chi connectivity index (χ1v) is 7.56. The summed E-state index contributed by atoms with van der Waals surface area (Å²) in [5, 5.41) is 12.1. The lowest BCUT2D eigenvalue weighted by Crippen LogP contribution is -2.38. The predicted octanol–water partition coefficient (Wildman–Crippen LogP) is 1.81. The van der Waals surface area contributed by atoms with Crippen LogP contribution in [0.2, 0.25) is 0 Å². The van der Waals surface area contributed by atoms with Crippen LogP contribution in [0.5, 0.6) is 0 Å². The van der Waals surface area contributed by atoms with E-state index in [-0.39, 0.29) is 23.2 Å². The highest BCUT2D eigenvalue weighted by molar-refractivity contribution is 5.80. The van der Waals surface area contributed by atoms with E-state index in [1.54, 1.807) is 7.11 Å². The van der Waals surface area contributed by atoms with Gasteiger partial charge in [-0.25, -0.2) is 0 Å². The third-order valence-corrected chi connectivity index (χ3v) is 4.83. The van der Waals surface area contributed by atoms with Crippen molar-refractivity contribution in [2.24, 2.45) is 17.3 Å². The Bertz CT molecular complexity index is 365. The van der Waals surface area contributed by atoms with Gasteiger partial charge in [-0.2, -0.15) is 0 Å². The number of rotatable bonds is 7. The molecule has 2 atom stereocenters. The van der Waals surface area contributed by atoms with Crippen molar-refractivity contribution in [1.29, 1.82) is 0 Å². The van der Waals surface area contributed by atoms with Gasteiger partial charge in [-0.1, -0.05) is 6.42 Å². The molecule has 0 spiro atoms. The van der Waals surface area contributed by atoms with E-state index in [1.807, 2.05) is 0 Å². The molecule has 2 unspecified atom stereocenters. The predicted molar refractivity (Wildman–Crippen MR) is 74.3 cm³/mol. The Morgan fingerprint density at radius 1 is 1.30 bits per heavy atom. The number of hydrogen-bond donors (Lipinski definition) is 2. The van der Waals surface area contributed by atoms with Crippen molar-refractivity contribution in [3.8, 4) is 0 Å². The quantitative estimate of drug-likeness (QED) is 0.747. The fraction of sp³-hybridized carbons (Fsp3) is 0.867. The van der Waals surface area contributed by atoms with Crippen molar-refractivity contribution in [3.05, 3.63) is 0 Å². The maximum atomic E-state index is 12.2. The van der Waals surface area contributed by atoms with Crippen molar-refractivity contribution in [1.82, 2.24) is 5.32 Å². The van der Waals surface area contributed by atoms with Crippen molar-refractivity contribution in [2.75, 3.05) is 20.3 Å². The molecule has 5 nitrogen and oxygen atoms in total. The van der Waals surface area contributed by atoms with E-state index < -0.39 is 5.97 Å². The lowest BCUT2D eigenvalue weighted by atomic mass is 9.81. The van der Waals surface area contributed by atoms with Gasteiger partial charge in [0.15, 0.2) is 0 Å². The highest BCUT2D eigenvalue weighted by Crippen LogP contribution is 2.48. The molecule has 2 fully saturated rings. The lowest BCUT2D eigenvalue weighted by Gasteiger charge is -2.26. The summed E-state index contributed by atoms with van der Waals surface area (Å²) >= 11 is 0. The first-order chi connectivity index (χ1) is 9.56. The summed E-state index contributed by atoms with van der Waals surface area (Å²) in [4.78, 5) is 23.2. The molecule has 5 heteroatoms. The minimum atomic E-state index is -0.763. The highest BCUT2D eigenvalue weighted by atomic mass is 16.5. The van der Waals surface area contributed by atoms with Crippen molar-refractivity contribution < 1.29 is 19.4 Å². The van der Waals surface area contributed by atoms with E-state index in [4.69, 9.17) is 9.84 Å². The van der Waals surface area contributed by atoms with Crippen LogP contribution in [-0.2, 0) is 14.3 Å². The number of hydrogen-bond acceptors (Lipinski definition) is 3. The van der Waals surface area contributed by atoms with E-state index in [9.17, 15) is 9.59 Å². The van der Waals surface area contributed by atoms with Gasteiger partial charge in [-0.15, -0.1) is 0 Å². The lowest BCUT2D eigenvalue weighted by molar-refractivity contribution is -0.144. The number of amides is 1. The van der Waals surface area contributed by atoms with E-state index in [0.29, 0.717) is 19.4 Å². The second kappa shape index (κ2) is 6.57. The molecule has 114 valence electrons. The number of aliphatic carboxylic acids is 1. The summed E-state index contributed by atoms with van der Waals surface area (Å²) in [6.07, 6.45) is 6.15. The van der Waals surface area contributed by atoms with Crippen LogP contribution in [0.4, 0.5) is 0 Å². The Labute approximate surface area is 120 Å². The zero-order valence-electron chi connectivity index (χ0n) is 12.2. The molecular formula is C15H25NO4. The third kappa shape index (κ3) is 3.95. The van der Waals surface area contributed by atoms with Crippen LogP contribution in [0, 0.1) is 17.3 Å². The number of carboxylic acids is 1. The molecule has 2 N–H and O–H groups in total. The Kier molecular flexibility index (Phi) is 5.02. The van der Waals surface area contributed by atoms with Gasteiger partial charge in [0, 0.05) is 26.2 Å². The molecule has 2 aliphatic carbocycles. The third-order valence-electron chi connectivity index (χ3n) is 4.83. The Hall–Kier alpha value is -1.10. The number of carbonyl (C=O) groups excluding carboxylic acids is 1. The first kappa shape index (κ1) is 15.3. The highest BCUT2D eigenvalue weighted by Gasteiger charge is 2.42. The summed E-state index contributed by atoms with van der Waals surface area (Å²) in [5.41, 5.74) is 0.243. The maximum Gasteiger partial charge on any atom is 0.306 e. The SMILES string of the molecule is COCCC1(CNC(=O)C2CCCC(C(=O)O)C2)CC1. The van der Waals surface area contributed by atoms with Crippen LogP contribution < -0.4 is 5.32 Å². The van der Waals surface area contributed by atoms with Gasteiger partial charge < -0.3 is 15.2 Å². The number of carboxylic acid groups (broad SMARTS) is 1. The zero-order chi connectivity index (χ0) is 14.6. The summed E-state index contributed by atoms with van der Waals surface area (Å²) in [6.45, 7) is 1.45. The average Bonchev–Trinajstić information content (AvgIpc) is 3.23. The molecule has 20 heavy (non-hydrogen) atoms. The second-order valence-electron chi connectivity index (χ2n) is 6.36. The number of nitrogens with one attached hydrogen (secondary N) is 1. The van der Waals surface area contributed by atoms with Crippen molar-refractivity contribution >= 4 is 11.9 Å². The van der Waals surface area contributed by atoms with Crippen molar-refractivity contribution in [2.45, 2.75) is 44.9 Å². The van der Waals surface area contributed by atoms with Crippen LogP contribution >= 0.6 is 0 Å². The molecule has 0 radical (unpaired) electrons. The minimum absolute atomic E-state index is 0.0413. The van der Waals surface area contributed by atoms with Gasteiger partial charge in [0.25, 0.3) is 0 Å². The minimum Gasteiger partial charge on any atom is -0.481 e. The van der Waals surface area contributed by atoms with Crippen LogP contribution in [0.15, 0.2) is 0 Å². The Morgan fingerprint density at radius 2 is 2.00 bits per heavy atom. The average molecular weight is 283 g/mol. The van der Waals surface area contributed by atoms with Gasteiger partial charge in [0.05, 0.1) is 5.92 Å².